The highest BCUT2D eigenvalue weighted by Gasteiger charge is 2.39. The molecule has 3 unspecified atom stereocenters. The Morgan fingerprint density at radius 2 is 2.40 bits per heavy atom. The highest BCUT2D eigenvalue weighted by Crippen LogP contribution is 2.46. The van der Waals surface area contributed by atoms with Gasteiger partial charge in [0.05, 0.1) is 0 Å². The van der Waals surface area contributed by atoms with Crippen LogP contribution >= 0.6 is 0 Å². The Morgan fingerprint density at radius 3 is 2.93 bits per heavy atom. The lowest BCUT2D eigenvalue weighted by molar-refractivity contribution is 0.462. The molecule has 0 amide bonds. The number of hydrogen-bond acceptors (Lipinski definition) is 2. The molecule has 1 N–H and O–H groups in total. The van der Waals surface area contributed by atoms with E-state index >= 15 is 0 Å². The number of aromatic nitrogens is 1. The second-order valence-corrected chi connectivity index (χ2v) is 4.59. The summed E-state index contributed by atoms with van der Waals surface area (Å²) in [5.41, 5.74) is 1.35. The number of nitrogens with one attached hydrogen (secondary N) is 1. The summed E-state index contributed by atoms with van der Waals surface area (Å²) in [4.78, 5) is 4.21. The number of nitrogens with zero attached hydrogens (tertiary/aromatic N) is 1. The first kappa shape index (κ1) is 10.6. The molecule has 3 atom stereocenters. The van der Waals surface area contributed by atoms with Crippen molar-refractivity contribution in [3.8, 4) is 0 Å². The lowest BCUT2D eigenvalue weighted by Gasteiger charge is -2.18. The molecule has 0 saturated heterocycles. The number of rotatable bonds is 5. The lowest BCUT2D eigenvalue weighted by Crippen LogP contribution is -2.24. The minimum Gasteiger partial charge on any atom is -0.310 e. The van der Waals surface area contributed by atoms with Crippen molar-refractivity contribution < 1.29 is 0 Å². The van der Waals surface area contributed by atoms with Crippen LogP contribution in [0.5, 0.6) is 0 Å². The fourth-order valence-electron chi connectivity index (χ4n) is 2.19. The van der Waals surface area contributed by atoms with Crippen molar-refractivity contribution in [2.24, 2.45) is 11.8 Å². The van der Waals surface area contributed by atoms with Gasteiger partial charge >= 0.3 is 0 Å². The van der Waals surface area contributed by atoms with Crippen LogP contribution in [0.25, 0.3) is 0 Å². The predicted molar refractivity (Wildman–Crippen MR) is 62.5 cm³/mol. The lowest BCUT2D eigenvalue weighted by atomic mass is 10.0. The molecule has 15 heavy (non-hydrogen) atoms. The van der Waals surface area contributed by atoms with Crippen molar-refractivity contribution >= 4 is 0 Å². The van der Waals surface area contributed by atoms with Crippen molar-refractivity contribution in [1.29, 1.82) is 0 Å². The third kappa shape index (κ3) is 2.57. The second kappa shape index (κ2) is 4.75. The van der Waals surface area contributed by atoms with Gasteiger partial charge in [-0.2, -0.15) is 0 Å². The maximum absolute atomic E-state index is 4.21. The highest BCUT2D eigenvalue weighted by atomic mass is 14.9. The summed E-state index contributed by atoms with van der Waals surface area (Å²) in [6.45, 7) is 5.65. The molecule has 1 fully saturated rings. The first-order valence-electron chi connectivity index (χ1n) is 5.96. The molecule has 0 aliphatic heterocycles. The van der Waals surface area contributed by atoms with Crippen LogP contribution in [0.2, 0.25) is 0 Å². The molecule has 1 aliphatic carbocycles. The molecule has 0 aromatic carbocycles. The summed E-state index contributed by atoms with van der Waals surface area (Å²) in [7, 11) is 0. The third-order valence-corrected chi connectivity index (χ3v) is 3.26. The average molecular weight is 204 g/mol. The molecule has 1 heterocycles. The molecular formula is C13H20N2. The van der Waals surface area contributed by atoms with Gasteiger partial charge in [-0.15, -0.1) is 0 Å². The zero-order valence-electron chi connectivity index (χ0n) is 9.61. The van der Waals surface area contributed by atoms with Crippen molar-refractivity contribution in [2.45, 2.75) is 32.7 Å². The number of hydrogen-bond donors (Lipinski definition) is 1. The van der Waals surface area contributed by atoms with Crippen LogP contribution in [0.1, 0.15) is 38.3 Å². The Hall–Kier alpha value is -0.890. The van der Waals surface area contributed by atoms with Crippen LogP contribution in [0.4, 0.5) is 0 Å². The molecule has 2 rings (SSSR count). The first-order valence-corrected chi connectivity index (χ1v) is 5.96. The normalized spacial score (nSPS) is 26.3. The molecule has 0 bridgehead atoms. The molecule has 1 saturated carbocycles. The smallest absolute Gasteiger partial charge is 0.0366 e. The van der Waals surface area contributed by atoms with Gasteiger partial charge in [-0.25, -0.2) is 0 Å². The predicted octanol–water partition coefficient (Wildman–Crippen LogP) is 2.78. The summed E-state index contributed by atoms with van der Waals surface area (Å²) >= 11 is 0. The Morgan fingerprint density at radius 1 is 1.60 bits per heavy atom. The highest BCUT2D eigenvalue weighted by molar-refractivity contribution is 5.17. The maximum Gasteiger partial charge on any atom is 0.0366 e. The zero-order chi connectivity index (χ0) is 10.7. The number of pyridine rings is 1. The van der Waals surface area contributed by atoms with Crippen LogP contribution in [-0.4, -0.2) is 11.5 Å². The summed E-state index contributed by atoms with van der Waals surface area (Å²) in [6, 6.07) is 4.74. The maximum atomic E-state index is 4.21. The van der Waals surface area contributed by atoms with E-state index in [-0.39, 0.29) is 0 Å². The van der Waals surface area contributed by atoms with E-state index in [9.17, 15) is 0 Å². The van der Waals surface area contributed by atoms with Crippen molar-refractivity contribution in [1.82, 2.24) is 10.3 Å². The fraction of sp³-hybridized carbons (Fsp3) is 0.615. The first-order chi connectivity index (χ1) is 7.33. The van der Waals surface area contributed by atoms with Crippen molar-refractivity contribution in [3.05, 3.63) is 30.1 Å². The Kier molecular flexibility index (Phi) is 3.37. The zero-order valence-corrected chi connectivity index (χ0v) is 9.61. The van der Waals surface area contributed by atoms with E-state index in [4.69, 9.17) is 0 Å². The van der Waals surface area contributed by atoms with Gasteiger partial charge < -0.3 is 5.32 Å². The monoisotopic (exact) mass is 204 g/mol. The summed E-state index contributed by atoms with van der Waals surface area (Å²) in [5.74, 6) is 1.69. The molecule has 82 valence electrons. The Labute approximate surface area is 92.1 Å². The van der Waals surface area contributed by atoms with Gasteiger partial charge in [-0.05, 0) is 42.9 Å². The summed E-state index contributed by atoms with van der Waals surface area (Å²) in [6.07, 6.45) is 6.39. The van der Waals surface area contributed by atoms with E-state index in [2.05, 4.69) is 30.2 Å². The van der Waals surface area contributed by atoms with E-state index < -0.39 is 0 Å². The summed E-state index contributed by atoms with van der Waals surface area (Å²) in [5, 5.41) is 3.64. The van der Waals surface area contributed by atoms with Crippen LogP contribution in [0.3, 0.4) is 0 Å². The SMILES string of the molecule is CCCNC(c1cccnc1)C1CC1C. The Balaban J connectivity index is 2.05. The second-order valence-electron chi connectivity index (χ2n) is 4.59. The summed E-state index contributed by atoms with van der Waals surface area (Å²) < 4.78 is 0. The van der Waals surface area contributed by atoms with E-state index in [0.29, 0.717) is 6.04 Å². The van der Waals surface area contributed by atoms with E-state index in [1.807, 2.05) is 18.5 Å². The third-order valence-electron chi connectivity index (χ3n) is 3.26. The minimum atomic E-state index is 0.522. The van der Waals surface area contributed by atoms with Gasteiger partial charge in [0.1, 0.15) is 0 Å². The molecule has 0 spiro atoms. The fourth-order valence-corrected chi connectivity index (χ4v) is 2.19. The molecule has 0 radical (unpaired) electrons. The standard InChI is InChI=1S/C13H20N2/c1-3-6-15-13(12-8-10(12)2)11-5-4-7-14-9-11/h4-5,7,9-10,12-13,15H,3,6,8H2,1-2H3. The van der Waals surface area contributed by atoms with Crippen molar-refractivity contribution in [2.75, 3.05) is 6.54 Å². The molecular weight excluding hydrogens is 184 g/mol. The van der Waals surface area contributed by atoms with Crippen LogP contribution in [-0.2, 0) is 0 Å². The molecule has 2 heteroatoms. The van der Waals surface area contributed by atoms with Crippen molar-refractivity contribution in [3.63, 3.8) is 0 Å². The van der Waals surface area contributed by atoms with Crippen LogP contribution in [0.15, 0.2) is 24.5 Å². The van der Waals surface area contributed by atoms with Gasteiger partial charge in [0.2, 0.25) is 0 Å². The van der Waals surface area contributed by atoms with Gasteiger partial charge in [0, 0.05) is 18.4 Å². The van der Waals surface area contributed by atoms with Gasteiger partial charge in [-0.3, -0.25) is 4.98 Å². The van der Waals surface area contributed by atoms with E-state index in [0.717, 1.165) is 18.4 Å². The molecule has 2 nitrogen and oxygen atoms in total. The van der Waals surface area contributed by atoms with Gasteiger partial charge in [-0.1, -0.05) is 19.9 Å². The average Bonchev–Trinajstić information content (AvgIpc) is 2.98. The largest absolute Gasteiger partial charge is 0.310 e. The van der Waals surface area contributed by atoms with Crippen LogP contribution in [0, 0.1) is 11.8 Å². The van der Waals surface area contributed by atoms with Gasteiger partial charge in [0.25, 0.3) is 0 Å². The molecule has 1 aromatic heterocycles. The molecule has 1 aliphatic rings. The minimum absolute atomic E-state index is 0.522. The quantitative estimate of drug-likeness (QED) is 0.797. The Bertz CT molecular complexity index is 297. The van der Waals surface area contributed by atoms with Gasteiger partial charge in [0.15, 0.2) is 0 Å². The van der Waals surface area contributed by atoms with E-state index in [1.54, 1.807) is 0 Å². The topological polar surface area (TPSA) is 24.9 Å². The van der Waals surface area contributed by atoms with E-state index in [1.165, 1.54) is 18.4 Å². The van der Waals surface area contributed by atoms with Crippen LogP contribution < -0.4 is 5.32 Å². The molecule has 1 aromatic rings.